The molecular formula is C42H79NO2. The summed E-state index contributed by atoms with van der Waals surface area (Å²) < 4.78 is 1.91. The first kappa shape index (κ1) is 41.8. The van der Waals surface area contributed by atoms with Crippen molar-refractivity contribution < 1.29 is 9.90 Å². The topological polar surface area (TPSA) is 42.2 Å². The van der Waals surface area contributed by atoms with Crippen molar-refractivity contribution in [3.8, 4) is 0 Å². The summed E-state index contributed by atoms with van der Waals surface area (Å²) in [7, 11) is 0. The number of hydrogen-bond acceptors (Lipinski definition) is 1. The number of aromatic nitrogens is 1. The van der Waals surface area contributed by atoms with Gasteiger partial charge in [0.1, 0.15) is 6.54 Å². The van der Waals surface area contributed by atoms with Crippen molar-refractivity contribution in [3.63, 3.8) is 0 Å². The van der Waals surface area contributed by atoms with Gasteiger partial charge in [-0.1, -0.05) is 206 Å². The molecule has 3 heteroatoms. The van der Waals surface area contributed by atoms with Crippen LogP contribution in [-0.4, -0.2) is 15.6 Å². The highest BCUT2D eigenvalue weighted by Crippen LogP contribution is 2.20. The van der Waals surface area contributed by atoms with Crippen molar-refractivity contribution in [2.75, 3.05) is 0 Å². The molecular weight excluding hydrogens is 550 g/mol. The van der Waals surface area contributed by atoms with Crippen LogP contribution >= 0.6 is 0 Å². The molecule has 0 aromatic carbocycles. The van der Waals surface area contributed by atoms with Crippen molar-refractivity contribution in [1.29, 1.82) is 0 Å². The molecule has 0 aliphatic heterocycles. The van der Waals surface area contributed by atoms with E-state index in [1.165, 1.54) is 217 Å². The average Bonchev–Trinajstić information content (AvgIpc) is 3.40. The molecule has 1 rings (SSSR count). The molecule has 0 aliphatic rings. The van der Waals surface area contributed by atoms with Crippen molar-refractivity contribution in [2.45, 2.75) is 239 Å². The monoisotopic (exact) mass is 630 g/mol. The van der Waals surface area contributed by atoms with Crippen LogP contribution in [0.4, 0.5) is 0 Å². The van der Waals surface area contributed by atoms with Crippen LogP contribution in [0, 0.1) is 0 Å². The van der Waals surface area contributed by atoms with Gasteiger partial charge in [0.05, 0.1) is 0 Å². The second-order valence-corrected chi connectivity index (χ2v) is 14.5. The molecule has 3 nitrogen and oxygen atoms in total. The predicted molar refractivity (Wildman–Crippen MR) is 199 cm³/mol. The third-order valence-electron chi connectivity index (χ3n) is 9.97. The van der Waals surface area contributed by atoms with Crippen molar-refractivity contribution in [3.05, 3.63) is 23.5 Å². The SMILES string of the molecule is CCCCCCCCCCCCCCCCCCc1cn(CC(=O)O)cc1CCCCCCCCCCCCCCCCCC. The molecule has 0 atom stereocenters. The second-order valence-electron chi connectivity index (χ2n) is 14.5. The summed E-state index contributed by atoms with van der Waals surface area (Å²) in [6.07, 6.45) is 51.2. The summed E-state index contributed by atoms with van der Waals surface area (Å²) in [6.45, 7) is 4.68. The molecule has 264 valence electrons. The Kier molecular flexibility index (Phi) is 30.3. The van der Waals surface area contributed by atoms with Gasteiger partial charge in [0.15, 0.2) is 0 Å². The van der Waals surface area contributed by atoms with Crippen LogP contribution in [0.15, 0.2) is 12.4 Å². The summed E-state index contributed by atoms with van der Waals surface area (Å²) in [5, 5.41) is 9.30. The Morgan fingerprint density at radius 3 is 0.867 bits per heavy atom. The molecule has 1 N–H and O–H groups in total. The van der Waals surface area contributed by atoms with Crippen LogP contribution in [0.3, 0.4) is 0 Å². The number of aliphatic carboxylic acids is 1. The Balaban J connectivity index is 2.04. The van der Waals surface area contributed by atoms with E-state index in [1.807, 2.05) is 4.57 Å². The van der Waals surface area contributed by atoms with Crippen LogP contribution in [0.25, 0.3) is 0 Å². The van der Waals surface area contributed by atoms with E-state index in [4.69, 9.17) is 0 Å². The molecule has 1 aromatic heterocycles. The average molecular weight is 630 g/mol. The highest BCUT2D eigenvalue weighted by atomic mass is 16.4. The molecule has 0 fully saturated rings. The number of carbonyl (C=O) groups is 1. The highest BCUT2D eigenvalue weighted by molar-refractivity contribution is 5.66. The molecule has 1 aromatic rings. The molecule has 0 aliphatic carbocycles. The van der Waals surface area contributed by atoms with E-state index in [0.717, 1.165) is 12.8 Å². The van der Waals surface area contributed by atoms with E-state index in [2.05, 4.69) is 26.2 Å². The number of carboxylic acids is 1. The smallest absolute Gasteiger partial charge is 0.323 e. The van der Waals surface area contributed by atoms with E-state index in [9.17, 15) is 9.90 Å². The maximum atomic E-state index is 11.3. The zero-order chi connectivity index (χ0) is 32.5. The summed E-state index contributed by atoms with van der Waals surface area (Å²) in [6, 6.07) is 0. The molecule has 45 heavy (non-hydrogen) atoms. The quantitative estimate of drug-likeness (QED) is 0.0750. The van der Waals surface area contributed by atoms with Gasteiger partial charge in [-0.05, 0) is 36.8 Å². The second kappa shape index (κ2) is 32.7. The molecule has 0 spiro atoms. The first-order valence-electron chi connectivity index (χ1n) is 20.6. The van der Waals surface area contributed by atoms with Gasteiger partial charge >= 0.3 is 5.97 Å². The Bertz CT molecular complexity index is 700. The maximum absolute atomic E-state index is 11.3. The largest absolute Gasteiger partial charge is 0.480 e. The van der Waals surface area contributed by atoms with Crippen molar-refractivity contribution in [1.82, 2.24) is 4.57 Å². The number of rotatable bonds is 36. The van der Waals surface area contributed by atoms with Crippen molar-refractivity contribution in [2.24, 2.45) is 0 Å². The van der Waals surface area contributed by atoms with Crippen LogP contribution in [0.2, 0.25) is 0 Å². The lowest BCUT2D eigenvalue weighted by Gasteiger charge is -2.06. The van der Waals surface area contributed by atoms with E-state index in [1.54, 1.807) is 0 Å². The summed E-state index contributed by atoms with van der Waals surface area (Å²) in [5.41, 5.74) is 2.81. The van der Waals surface area contributed by atoms with Crippen LogP contribution in [0.5, 0.6) is 0 Å². The number of aryl methyl sites for hydroxylation is 2. The number of unbranched alkanes of at least 4 members (excludes halogenated alkanes) is 30. The van der Waals surface area contributed by atoms with Gasteiger partial charge in [-0.3, -0.25) is 4.79 Å². The first-order chi connectivity index (χ1) is 22.2. The molecule has 0 unspecified atom stereocenters. The zero-order valence-corrected chi connectivity index (χ0v) is 30.7. The van der Waals surface area contributed by atoms with Gasteiger partial charge in [0.25, 0.3) is 0 Å². The van der Waals surface area contributed by atoms with Crippen LogP contribution in [-0.2, 0) is 24.2 Å². The molecule has 0 bridgehead atoms. The Labute approximate surface area is 282 Å². The van der Waals surface area contributed by atoms with Gasteiger partial charge in [-0.15, -0.1) is 0 Å². The third kappa shape index (κ3) is 27.6. The maximum Gasteiger partial charge on any atom is 0.323 e. The van der Waals surface area contributed by atoms with Crippen LogP contribution in [0.1, 0.15) is 230 Å². The number of nitrogens with zero attached hydrogens (tertiary/aromatic N) is 1. The fourth-order valence-electron chi connectivity index (χ4n) is 7.03. The fourth-order valence-corrected chi connectivity index (χ4v) is 7.03. The molecule has 0 saturated carbocycles. The predicted octanol–water partition coefficient (Wildman–Crippen LogP) is 14.2. The van der Waals surface area contributed by atoms with Gasteiger partial charge < -0.3 is 9.67 Å². The van der Waals surface area contributed by atoms with Crippen molar-refractivity contribution >= 4 is 5.97 Å². The highest BCUT2D eigenvalue weighted by Gasteiger charge is 2.09. The van der Waals surface area contributed by atoms with Gasteiger partial charge in [0, 0.05) is 12.4 Å². The summed E-state index contributed by atoms with van der Waals surface area (Å²) in [5.74, 6) is -0.743. The minimum absolute atomic E-state index is 0.0882. The summed E-state index contributed by atoms with van der Waals surface area (Å²) in [4.78, 5) is 11.3. The fraction of sp³-hybridized carbons (Fsp3) is 0.881. The van der Waals surface area contributed by atoms with Gasteiger partial charge in [-0.25, -0.2) is 0 Å². The Morgan fingerprint density at radius 2 is 0.644 bits per heavy atom. The molecule has 0 radical (unpaired) electrons. The number of carboxylic acid groups (broad SMARTS) is 1. The Morgan fingerprint density at radius 1 is 0.422 bits per heavy atom. The molecule has 0 saturated heterocycles. The van der Waals surface area contributed by atoms with Gasteiger partial charge in [-0.2, -0.15) is 0 Å². The lowest BCUT2D eigenvalue weighted by atomic mass is 9.99. The molecule has 1 heterocycles. The third-order valence-corrected chi connectivity index (χ3v) is 9.97. The summed E-state index contributed by atoms with van der Waals surface area (Å²) >= 11 is 0. The lowest BCUT2D eigenvalue weighted by molar-refractivity contribution is -0.137. The van der Waals surface area contributed by atoms with E-state index in [-0.39, 0.29) is 6.54 Å². The standard InChI is InChI=1S/C42H79NO2/c1-3-5-7-9-11-13-15-17-19-21-23-25-27-29-31-33-35-40-37-43(39-42(44)45)38-41(40)36-34-32-30-28-26-24-22-20-18-16-14-12-10-8-6-4-2/h37-38H,3-36,39H2,1-2H3,(H,44,45). The zero-order valence-electron chi connectivity index (χ0n) is 30.7. The van der Waals surface area contributed by atoms with Gasteiger partial charge in [0.2, 0.25) is 0 Å². The minimum Gasteiger partial charge on any atom is -0.480 e. The van der Waals surface area contributed by atoms with E-state index in [0.29, 0.717) is 0 Å². The number of hydrogen-bond donors (Lipinski definition) is 1. The first-order valence-corrected chi connectivity index (χ1v) is 20.6. The molecule has 0 amide bonds. The minimum atomic E-state index is -0.743. The van der Waals surface area contributed by atoms with Crippen LogP contribution < -0.4 is 0 Å². The normalized spacial score (nSPS) is 11.5. The van der Waals surface area contributed by atoms with E-state index < -0.39 is 5.97 Å². The Hall–Kier alpha value is -1.25. The lowest BCUT2D eigenvalue weighted by Crippen LogP contribution is -2.06. The van der Waals surface area contributed by atoms with E-state index >= 15 is 0 Å².